The fourth-order valence-electron chi connectivity index (χ4n) is 1.60. The van der Waals surface area contributed by atoms with Gasteiger partial charge in [-0.15, -0.1) is 0 Å². The largest absolute Gasteiger partial charge is 0.489 e. The molecule has 4 nitrogen and oxygen atoms in total. The number of benzene rings is 2. The quantitative estimate of drug-likeness (QED) is 0.502. The van der Waals surface area contributed by atoms with Crippen LogP contribution in [0, 0.1) is 5.82 Å². The van der Waals surface area contributed by atoms with E-state index in [0.29, 0.717) is 16.9 Å². The first-order valence-electron chi connectivity index (χ1n) is 5.67. The monoisotopic (exact) mass is 260 g/mol. The summed E-state index contributed by atoms with van der Waals surface area (Å²) in [5, 5.41) is 0. The second kappa shape index (κ2) is 5.97. The molecule has 0 heterocycles. The first-order valence-corrected chi connectivity index (χ1v) is 5.67. The molecule has 1 amide bonds. The number of hydrogen-bond acceptors (Lipinski definition) is 3. The number of hydrazine groups is 1. The molecular weight excluding hydrogens is 247 g/mol. The van der Waals surface area contributed by atoms with Crippen LogP contribution in [-0.2, 0) is 6.61 Å². The molecule has 0 spiro atoms. The molecule has 2 aromatic rings. The molecule has 0 fully saturated rings. The van der Waals surface area contributed by atoms with Crippen molar-refractivity contribution in [1.29, 1.82) is 0 Å². The highest BCUT2D eigenvalue weighted by atomic mass is 19.1. The van der Waals surface area contributed by atoms with Gasteiger partial charge in [-0.1, -0.05) is 18.2 Å². The molecule has 19 heavy (non-hydrogen) atoms. The minimum absolute atomic E-state index is 0.228. The van der Waals surface area contributed by atoms with Crippen molar-refractivity contribution in [2.75, 3.05) is 0 Å². The summed E-state index contributed by atoms with van der Waals surface area (Å²) >= 11 is 0. The highest BCUT2D eigenvalue weighted by Crippen LogP contribution is 2.15. The van der Waals surface area contributed by atoms with Gasteiger partial charge in [0, 0.05) is 5.56 Å². The Balaban J connectivity index is 2.05. The van der Waals surface area contributed by atoms with Gasteiger partial charge in [0.05, 0.1) is 0 Å². The fourth-order valence-corrected chi connectivity index (χ4v) is 1.60. The third-order valence-electron chi connectivity index (χ3n) is 2.52. The molecule has 0 bridgehead atoms. The minimum atomic E-state index is -0.392. The van der Waals surface area contributed by atoms with Gasteiger partial charge in [-0.25, -0.2) is 10.2 Å². The van der Waals surface area contributed by atoms with Crippen molar-refractivity contribution in [2.24, 2.45) is 5.84 Å². The van der Waals surface area contributed by atoms with E-state index < -0.39 is 5.91 Å². The molecule has 0 unspecified atom stereocenters. The molecular formula is C14H13FN2O2. The Bertz CT molecular complexity index is 587. The minimum Gasteiger partial charge on any atom is -0.489 e. The summed E-state index contributed by atoms with van der Waals surface area (Å²) in [6.07, 6.45) is 0. The van der Waals surface area contributed by atoms with E-state index in [9.17, 15) is 9.18 Å². The molecule has 98 valence electrons. The van der Waals surface area contributed by atoms with Crippen LogP contribution in [-0.4, -0.2) is 5.91 Å². The number of ether oxygens (including phenoxy) is 1. The van der Waals surface area contributed by atoms with Crippen LogP contribution in [0.3, 0.4) is 0 Å². The highest BCUT2D eigenvalue weighted by molar-refractivity contribution is 5.94. The van der Waals surface area contributed by atoms with Crippen LogP contribution < -0.4 is 16.0 Å². The normalized spacial score (nSPS) is 10.0. The van der Waals surface area contributed by atoms with E-state index in [1.807, 2.05) is 5.43 Å². The average molecular weight is 260 g/mol. The number of carbonyl (C=O) groups excluding carboxylic acids is 1. The predicted molar refractivity (Wildman–Crippen MR) is 68.8 cm³/mol. The maximum absolute atomic E-state index is 13.0. The number of hydrogen-bond donors (Lipinski definition) is 2. The first-order chi connectivity index (χ1) is 9.19. The van der Waals surface area contributed by atoms with Gasteiger partial charge in [0.15, 0.2) is 0 Å². The summed E-state index contributed by atoms with van der Waals surface area (Å²) < 4.78 is 18.5. The van der Waals surface area contributed by atoms with Gasteiger partial charge in [0.2, 0.25) is 0 Å². The van der Waals surface area contributed by atoms with E-state index in [1.165, 1.54) is 12.1 Å². The summed E-state index contributed by atoms with van der Waals surface area (Å²) in [6.45, 7) is 0.228. The zero-order chi connectivity index (χ0) is 13.7. The fraction of sp³-hybridized carbons (Fsp3) is 0.0714. The van der Waals surface area contributed by atoms with E-state index in [-0.39, 0.29) is 12.4 Å². The molecule has 0 aliphatic rings. The second-order valence-corrected chi connectivity index (χ2v) is 3.92. The van der Waals surface area contributed by atoms with Gasteiger partial charge < -0.3 is 4.74 Å². The van der Waals surface area contributed by atoms with Crippen LogP contribution in [0.4, 0.5) is 4.39 Å². The third kappa shape index (κ3) is 3.53. The Hall–Kier alpha value is -2.40. The van der Waals surface area contributed by atoms with E-state index in [2.05, 4.69) is 0 Å². The molecule has 3 N–H and O–H groups in total. The van der Waals surface area contributed by atoms with Crippen molar-refractivity contribution in [3.05, 3.63) is 65.5 Å². The lowest BCUT2D eigenvalue weighted by Crippen LogP contribution is -2.29. The number of amides is 1. The van der Waals surface area contributed by atoms with Gasteiger partial charge >= 0.3 is 0 Å². The summed E-state index contributed by atoms with van der Waals surface area (Å²) in [7, 11) is 0. The summed E-state index contributed by atoms with van der Waals surface area (Å²) in [5.74, 6) is 4.87. The van der Waals surface area contributed by atoms with E-state index in [1.54, 1.807) is 36.4 Å². The van der Waals surface area contributed by atoms with Crippen LogP contribution in [0.25, 0.3) is 0 Å². The molecule has 0 saturated heterocycles. The molecule has 2 aromatic carbocycles. The van der Waals surface area contributed by atoms with Gasteiger partial charge in [0.1, 0.15) is 18.2 Å². The van der Waals surface area contributed by atoms with Crippen LogP contribution in [0.2, 0.25) is 0 Å². The smallest absolute Gasteiger partial charge is 0.265 e. The first kappa shape index (κ1) is 13.0. The number of carbonyl (C=O) groups is 1. The van der Waals surface area contributed by atoms with Crippen molar-refractivity contribution in [3.8, 4) is 5.75 Å². The van der Waals surface area contributed by atoms with Crippen LogP contribution >= 0.6 is 0 Å². The number of rotatable bonds is 4. The van der Waals surface area contributed by atoms with Gasteiger partial charge in [-0.2, -0.15) is 0 Å². The topological polar surface area (TPSA) is 64.3 Å². The average Bonchev–Trinajstić information content (AvgIpc) is 2.45. The predicted octanol–water partition coefficient (Wildman–Crippen LogP) is 2.01. The molecule has 0 atom stereocenters. The van der Waals surface area contributed by atoms with Crippen molar-refractivity contribution in [2.45, 2.75) is 6.61 Å². The van der Waals surface area contributed by atoms with E-state index >= 15 is 0 Å². The molecule has 0 aliphatic heterocycles. The van der Waals surface area contributed by atoms with Gasteiger partial charge in [-0.3, -0.25) is 10.2 Å². The van der Waals surface area contributed by atoms with Crippen LogP contribution in [0.1, 0.15) is 15.9 Å². The molecule has 5 heteroatoms. The molecule has 0 radical (unpaired) electrons. The standard InChI is InChI=1S/C14H13FN2O2/c15-12-5-1-3-10(7-12)9-19-13-6-2-4-11(8-13)14(18)17-16/h1-8H,9,16H2,(H,17,18). The van der Waals surface area contributed by atoms with Crippen molar-refractivity contribution < 1.29 is 13.9 Å². The number of nitrogen functional groups attached to an aromatic ring is 1. The maximum atomic E-state index is 13.0. The van der Waals surface area contributed by atoms with E-state index in [0.717, 1.165) is 0 Å². The molecule has 0 saturated carbocycles. The van der Waals surface area contributed by atoms with Crippen molar-refractivity contribution in [1.82, 2.24) is 5.43 Å². The number of nitrogens with one attached hydrogen (secondary N) is 1. The molecule has 0 aliphatic carbocycles. The Morgan fingerprint density at radius 1 is 1.21 bits per heavy atom. The SMILES string of the molecule is NNC(=O)c1cccc(OCc2cccc(F)c2)c1. The van der Waals surface area contributed by atoms with Crippen LogP contribution in [0.5, 0.6) is 5.75 Å². The second-order valence-electron chi connectivity index (χ2n) is 3.92. The lowest BCUT2D eigenvalue weighted by atomic mass is 10.2. The highest BCUT2D eigenvalue weighted by Gasteiger charge is 2.04. The molecule has 2 rings (SSSR count). The van der Waals surface area contributed by atoms with Crippen LogP contribution in [0.15, 0.2) is 48.5 Å². The zero-order valence-electron chi connectivity index (χ0n) is 10.1. The Labute approximate surface area is 110 Å². The number of nitrogens with two attached hydrogens (primary N) is 1. The molecule has 0 aromatic heterocycles. The van der Waals surface area contributed by atoms with Crippen molar-refractivity contribution >= 4 is 5.91 Å². The lowest BCUT2D eigenvalue weighted by molar-refractivity contribution is 0.0953. The summed E-state index contributed by atoms with van der Waals surface area (Å²) in [5.41, 5.74) is 3.16. The summed E-state index contributed by atoms with van der Waals surface area (Å²) in [4.78, 5) is 11.3. The Kier molecular flexibility index (Phi) is 4.10. The maximum Gasteiger partial charge on any atom is 0.265 e. The zero-order valence-corrected chi connectivity index (χ0v) is 10.1. The summed E-state index contributed by atoms with van der Waals surface area (Å²) in [6, 6.07) is 12.7. The van der Waals surface area contributed by atoms with Gasteiger partial charge in [-0.05, 0) is 35.9 Å². The Morgan fingerprint density at radius 2 is 2.00 bits per heavy atom. The lowest BCUT2D eigenvalue weighted by Gasteiger charge is -2.07. The van der Waals surface area contributed by atoms with E-state index in [4.69, 9.17) is 10.6 Å². The number of halogens is 1. The van der Waals surface area contributed by atoms with Crippen molar-refractivity contribution in [3.63, 3.8) is 0 Å². The third-order valence-corrected chi connectivity index (χ3v) is 2.52. The van der Waals surface area contributed by atoms with Gasteiger partial charge in [0.25, 0.3) is 5.91 Å². The Morgan fingerprint density at radius 3 is 2.74 bits per heavy atom.